The van der Waals surface area contributed by atoms with Crippen molar-refractivity contribution < 1.29 is 24.2 Å². The Bertz CT molecular complexity index is 680. The number of nitrogens with zero attached hydrogens (tertiary/aromatic N) is 1. The highest BCUT2D eigenvalue weighted by Gasteiger charge is 2.38. The van der Waals surface area contributed by atoms with Crippen molar-refractivity contribution in [1.82, 2.24) is 4.90 Å². The predicted molar refractivity (Wildman–Crippen MR) is 90.3 cm³/mol. The zero-order chi connectivity index (χ0) is 18.0. The van der Waals surface area contributed by atoms with E-state index in [0.717, 1.165) is 19.3 Å². The van der Waals surface area contributed by atoms with Crippen molar-refractivity contribution in [2.45, 2.75) is 50.8 Å². The summed E-state index contributed by atoms with van der Waals surface area (Å²) in [6, 6.07) is 5.68. The van der Waals surface area contributed by atoms with E-state index >= 15 is 0 Å². The Morgan fingerprint density at radius 2 is 2.04 bits per heavy atom. The molecule has 2 unspecified atom stereocenters. The molecular weight excluding hydrogens is 324 g/mol. The highest BCUT2D eigenvalue weighted by Crippen LogP contribution is 2.30. The van der Waals surface area contributed by atoms with Crippen LogP contribution >= 0.6 is 0 Å². The fourth-order valence-corrected chi connectivity index (χ4v) is 3.02. The SMILES string of the molecule is CC(C(=O)O)N(C(=O)c1cccc(NC(=O)C2CCCO2)c1)C1CC1. The smallest absolute Gasteiger partial charge is 0.326 e. The molecule has 1 aromatic rings. The van der Waals surface area contributed by atoms with Crippen molar-refractivity contribution in [1.29, 1.82) is 0 Å². The van der Waals surface area contributed by atoms with Gasteiger partial charge in [-0.3, -0.25) is 9.59 Å². The molecule has 2 N–H and O–H groups in total. The minimum absolute atomic E-state index is 0.0243. The maximum Gasteiger partial charge on any atom is 0.326 e. The summed E-state index contributed by atoms with van der Waals surface area (Å²) in [5.41, 5.74) is 0.871. The Kier molecular flexibility index (Phi) is 5.03. The minimum atomic E-state index is -1.02. The number of rotatable bonds is 6. The van der Waals surface area contributed by atoms with E-state index in [1.165, 1.54) is 11.8 Å². The van der Waals surface area contributed by atoms with Gasteiger partial charge < -0.3 is 20.1 Å². The number of carboxylic acids is 1. The van der Waals surface area contributed by atoms with E-state index in [4.69, 9.17) is 4.74 Å². The molecule has 0 spiro atoms. The van der Waals surface area contributed by atoms with Crippen molar-refractivity contribution in [3.8, 4) is 0 Å². The van der Waals surface area contributed by atoms with E-state index in [0.29, 0.717) is 24.3 Å². The van der Waals surface area contributed by atoms with Crippen LogP contribution in [0.1, 0.15) is 43.0 Å². The maximum absolute atomic E-state index is 12.8. The fraction of sp³-hybridized carbons (Fsp3) is 0.500. The molecule has 2 atom stereocenters. The predicted octanol–water partition coefficient (Wildman–Crippen LogP) is 1.88. The Labute approximate surface area is 146 Å². The van der Waals surface area contributed by atoms with Gasteiger partial charge in [-0.15, -0.1) is 0 Å². The van der Waals surface area contributed by atoms with Gasteiger partial charge in [0.25, 0.3) is 11.8 Å². The van der Waals surface area contributed by atoms with Crippen LogP contribution in [-0.4, -0.2) is 52.6 Å². The number of hydrogen-bond donors (Lipinski definition) is 2. The molecule has 3 rings (SSSR count). The molecular formula is C18H22N2O5. The van der Waals surface area contributed by atoms with Gasteiger partial charge in [0.1, 0.15) is 12.1 Å². The van der Waals surface area contributed by atoms with Crippen LogP contribution in [0.3, 0.4) is 0 Å². The minimum Gasteiger partial charge on any atom is -0.480 e. The summed E-state index contributed by atoms with van der Waals surface area (Å²) in [6.45, 7) is 2.10. The topological polar surface area (TPSA) is 95.9 Å². The third-order valence-corrected chi connectivity index (χ3v) is 4.55. The van der Waals surface area contributed by atoms with Crippen molar-refractivity contribution in [3.05, 3.63) is 29.8 Å². The third-order valence-electron chi connectivity index (χ3n) is 4.55. The highest BCUT2D eigenvalue weighted by atomic mass is 16.5. The van der Waals surface area contributed by atoms with Gasteiger partial charge in [-0.25, -0.2) is 4.79 Å². The lowest BCUT2D eigenvalue weighted by molar-refractivity contribution is -0.141. The number of carbonyl (C=O) groups excluding carboxylic acids is 2. The number of carbonyl (C=O) groups is 3. The Hall–Kier alpha value is -2.41. The second-order valence-corrected chi connectivity index (χ2v) is 6.53. The van der Waals surface area contributed by atoms with Crippen molar-refractivity contribution in [2.24, 2.45) is 0 Å². The number of anilines is 1. The first-order valence-corrected chi connectivity index (χ1v) is 8.55. The zero-order valence-corrected chi connectivity index (χ0v) is 14.1. The van der Waals surface area contributed by atoms with E-state index in [2.05, 4.69) is 5.32 Å². The number of nitrogens with one attached hydrogen (secondary N) is 1. The highest BCUT2D eigenvalue weighted by molar-refractivity contribution is 5.99. The van der Waals surface area contributed by atoms with Gasteiger partial charge in [-0.05, 0) is 50.8 Å². The summed E-state index contributed by atoms with van der Waals surface area (Å²) in [7, 11) is 0. The number of aliphatic carboxylic acids is 1. The van der Waals surface area contributed by atoms with E-state index < -0.39 is 18.1 Å². The van der Waals surface area contributed by atoms with E-state index in [1.807, 2.05) is 0 Å². The van der Waals surface area contributed by atoms with Crippen LogP contribution in [0.25, 0.3) is 0 Å². The molecule has 2 aliphatic rings. The van der Waals surface area contributed by atoms with Crippen LogP contribution < -0.4 is 5.32 Å². The van der Waals surface area contributed by atoms with Crippen LogP contribution in [0.2, 0.25) is 0 Å². The van der Waals surface area contributed by atoms with E-state index in [1.54, 1.807) is 24.3 Å². The summed E-state index contributed by atoms with van der Waals surface area (Å²) in [5, 5.41) is 12.0. The summed E-state index contributed by atoms with van der Waals surface area (Å²) in [4.78, 5) is 37.7. The third kappa shape index (κ3) is 3.99. The number of benzene rings is 1. The average molecular weight is 346 g/mol. The molecule has 7 heteroatoms. The Balaban J connectivity index is 1.74. The largest absolute Gasteiger partial charge is 0.480 e. The van der Waals surface area contributed by atoms with E-state index in [-0.39, 0.29) is 17.9 Å². The maximum atomic E-state index is 12.8. The van der Waals surface area contributed by atoms with Crippen LogP contribution in [0.5, 0.6) is 0 Å². The van der Waals surface area contributed by atoms with E-state index in [9.17, 15) is 19.5 Å². The Morgan fingerprint density at radius 3 is 2.64 bits per heavy atom. The lowest BCUT2D eigenvalue weighted by Crippen LogP contribution is -2.44. The molecule has 134 valence electrons. The van der Waals surface area contributed by atoms with Gasteiger partial charge in [0.05, 0.1) is 0 Å². The van der Waals surface area contributed by atoms with Gasteiger partial charge >= 0.3 is 5.97 Å². The Morgan fingerprint density at radius 1 is 1.28 bits per heavy atom. The second kappa shape index (κ2) is 7.23. The summed E-state index contributed by atoms with van der Waals surface area (Å²) < 4.78 is 5.35. The molecule has 2 amide bonds. The molecule has 1 saturated heterocycles. The molecule has 1 aliphatic carbocycles. The number of ether oxygens (including phenoxy) is 1. The molecule has 1 heterocycles. The molecule has 0 aromatic heterocycles. The normalized spacial score (nSPS) is 20.8. The zero-order valence-electron chi connectivity index (χ0n) is 14.1. The van der Waals surface area contributed by atoms with Crippen molar-refractivity contribution in [2.75, 3.05) is 11.9 Å². The van der Waals surface area contributed by atoms with Gasteiger partial charge in [-0.1, -0.05) is 6.07 Å². The number of hydrogen-bond acceptors (Lipinski definition) is 4. The monoisotopic (exact) mass is 346 g/mol. The van der Waals surface area contributed by atoms with Crippen LogP contribution in [0, 0.1) is 0 Å². The first kappa shape index (κ1) is 17.4. The van der Waals surface area contributed by atoms with Gasteiger partial charge in [-0.2, -0.15) is 0 Å². The molecule has 7 nitrogen and oxygen atoms in total. The molecule has 1 aliphatic heterocycles. The molecule has 1 aromatic carbocycles. The number of amides is 2. The number of carboxylic acid groups (broad SMARTS) is 1. The second-order valence-electron chi connectivity index (χ2n) is 6.53. The average Bonchev–Trinajstić information content (AvgIpc) is 3.26. The van der Waals surface area contributed by atoms with Gasteiger partial charge in [0, 0.05) is 23.9 Å². The quantitative estimate of drug-likeness (QED) is 0.820. The summed E-state index contributed by atoms with van der Waals surface area (Å²) >= 11 is 0. The molecule has 0 radical (unpaired) electrons. The molecule has 25 heavy (non-hydrogen) atoms. The fourth-order valence-electron chi connectivity index (χ4n) is 3.02. The van der Waals surface area contributed by atoms with Gasteiger partial charge in [0.15, 0.2) is 0 Å². The van der Waals surface area contributed by atoms with Crippen LogP contribution in [0.4, 0.5) is 5.69 Å². The van der Waals surface area contributed by atoms with Crippen LogP contribution in [0.15, 0.2) is 24.3 Å². The lowest BCUT2D eigenvalue weighted by Gasteiger charge is -2.26. The molecule has 2 fully saturated rings. The molecule has 0 bridgehead atoms. The van der Waals surface area contributed by atoms with Crippen molar-refractivity contribution in [3.63, 3.8) is 0 Å². The van der Waals surface area contributed by atoms with Gasteiger partial charge in [0.2, 0.25) is 0 Å². The van der Waals surface area contributed by atoms with Crippen LogP contribution in [-0.2, 0) is 14.3 Å². The molecule has 1 saturated carbocycles. The standard InChI is InChI=1S/C18H22N2O5/c1-11(18(23)24)20(14-7-8-14)17(22)12-4-2-5-13(10-12)19-16(21)15-6-3-9-25-15/h2,4-5,10-11,14-15H,3,6-9H2,1H3,(H,19,21)(H,23,24). The van der Waals surface area contributed by atoms with Crippen molar-refractivity contribution >= 4 is 23.5 Å². The first-order chi connectivity index (χ1) is 12.0. The lowest BCUT2D eigenvalue weighted by atomic mass is 10.1. The summed E-state index contributed by atoms with van der Waals surface area (Å²) in [6.07, 6.45) is 2.74. The first-order valence-electron chi connectivity index (χ1n) is 8.55. The summed E-state index contributed by atoms with van der Waals surface area (Å²) in [5.74, 6) is -1.58.